The van der Waals surface area contributed by atoms with Crippen molar-refractivity contribution in [2.24, 2.45) is 7.05 Å². The Morgan fingerprint density at radius 2 is 1.78 bits per heavy atom. The predicted molar refractivity (Wildman–Crippen MR) is 89.9 cm³/mol. The quantitative estimate of drug-likeness (QED) is 0.593. The van der Waals surface area contributed by atoms with Gasteiger partial charge in [-0.05, 0) is 42.3 Å². The summed E-state index contributed by atoms with van der Waals surface area (Å²) in [6.45, 7) is 2.46. The Morgan fingerprint density at radius 1 is 1.00 bits per heavy atom. The minimum absolute atomic E-state index is 0.00911. The van der Waals surface area contributed by atoms with Crippen LogP contribution in [0.15, 0.2) is 46.0 Å². The number of H-pyrrole nitrogens is 2. The van der Waals surface area contributed by atoms with Crippen LogP contribution in [0.25, 0.3) is 21.8 Å². The van der Waals surface area contributed by atoms with Gasteiger partial charge in [-0.1, -0.05) is 12.1 Å². The highest BCUT2D eigenvalue weighted by Gasteiger charge is 2.11. The minimum atomic E-state index is -0.135. The Bertz CT molecular complexity index is 1160. The molecule has 0 saturated carbocycles. The van der Waals surface area contributed by atoms with Gasteiger partial charge < -0.3 is 0 Å². The normalized spacial score (nSPS) is 11.6. The topological polar surface area (TPSA) is 75.6 Å². The maximum Gasteiger partial charge on any atom is 0.274 e. The van der Waals surface area contributed by atoms with Crippen LogP contribution < -0.4 is 11.1 Å². The summed E-state index contributed by atoms with van der Waals surface area (Å²) in [5.74, 6) is 0. The van der Waals surface area contributed by atoms with Crippen LogP contribution in [0.3, 0.4) is 0 Å². The van der Waals surface area contributed by atoms with Crippen LogP contribution in [0.2, 0.25) is 0 Å². The van der Waals surface area contributed by atoms with Crippen LogP contribution in [0.5, 0.6) is 0 Å². The molecule has 6 nitrogen and oxygen atoms in total. The summed E-state index contributed by atoms with van der Waals surface area (Å²) in [4.78, 5) is 24.2. The van der Waals surface area contributed by atoms with Gasteiger partial charge in [-0.3, -0.25) is 24.5 Å². The third kappa shape index (κ3) is 2.03. The molecule has 116 valence electrons. The molecule has 4 aromatic rings. The van der Waals surface area contributed by atoms with E-state index < -0.39 is 0 Å². The van der Waals surface area contributed by atoms with Crippen LogP contribution in [-0.2, 0) is 13.6 Å². The van der Waals surface area contributed by atoms with Crippen molar-refractivity contribution in [3.8, 4) is 0 Å². The first-order valence-corrected chi connectivity index (χ1v) is 7.40. The molecule has 0 bridgehead atoms. The molecule has 6 heteroatoms. The maximum absolute atomic E-state index is 12.6. The molecule has 2 N–H and O–H groups in total. The van der Waals surface area contributed by atoms with E-state index in [4.69, 9.17) is 0 Å². The fourth-order valence-electron chi connectivity index (χ4n) is 3.03. The number of hydrogen-bond acceptors (Lipinski definition) is 2. The summed E-state index contributed by atoms with van der Waals surface area (Å²) >= 11 is 0. The Kier molecular flexibility index (Phi) is 2.81. The molecule has 0 radical (unpaired) electrons. The van der Waals surface area contributed by atoms with Gasteiger partial charge in [0.1, 0.15) is 0 Å². The van der Waals surface area contributed by atoms with Crippen LogP contribution >= 0.6 is 0 Å². The summed E-state index contributed by atoms with van der Waals surface area (Å²) in [6.07, 6.45) is 0. The van der Waals surface area contributed by atoms with E-state index in [1.807, 2.05) is 49.0 Å². The van der Waals surface area contributed by atoms with Crippen molar-refractivity contribution in [3.63, 3.8) is 0 Å². The highest BCUT2D eigenvalue weighted by molar-refractivity contribution is 5.80. The van der Waals surface area contributed by atoms with E-state index in [0.717, 1.165) is 22.2 Å². The number of aromatic nitrogens is 4. The van der Waals surface area contributed by atoms with E-state index >= 15 is 0 Å². The number of hydrogen-bond donors (Lipinski definition) is 2. The molecule has 0 spiro atoms. The smallest absolute Gasteiger partial charge is 0.274 e. The lowest BCUT2D eigenvalue weighted by atomic mass is 10.1. The molecule has 0 saturated heterocycles. The molecule has 4 rings (SSSR count). The molecule has 0 aliphatic rings. The lowest BCUT2D eigenvalue weighted by Crippen LogP contribution is -2.22. The van der Waals surface area contributed by atoms with Gasteiger partial charge in [-0.15, -0.1) is 0 Å². The van der Waals surface area contributed by atoms with Gasteiger partial charge in [0.15, 0.2) is 0 Å². The van der Waals surface area contributed by atoms with Crippen molar-refractivity contribution < 1.29 is 0 Å². The van der Waals surface area contributed by atoms with Crippen molar-refractivity contribution in [1.29, 1.82) is 0 Å². The van der Waals surface area contributed by atoms with E-state index in [1.165, 1.54) is 0 Å². The van der Waals surface area contributed by atoms with Crippen molar-refractivity contribution in [1.82, 2.24) is 19.6 Å². The molecule has 2 aromatic carbocycles. The fourth-order valence-corrected chi connectivity index (χ4v) is 3.03. The van der Waals surface area contributed by atoms with Crippen LogP contribution in [0.1, 0.15) is 11.1 Å². The summed E-state index contributed by atoms with van der Waals surface area (Å²) in [6, 6.07) is 11.4. The molecule has 0 fully saturated rings. The van der Waals surface area contributed by atoms with E-state index in [-0.39, 0.29) is 11.1 Å². The summed E-state index contributed by atoms with van der Waals surface area (Å²) in [7, 11) is 1.89. The average Bonchev–Trinajstić information content (AvgIpc) is 3.01. The summed E-state index contributed by atoms with van der Waals surface area (Å²) < 4.78 is 3.59. The molecule has 0 unspecified atom stereocenters. The van der Waals surface area contributed by atoms with Crippen LogP contribution in [-0.4, -0.2) is 19.6 Å². The zero-order valence-electron chi connectivity index (χ0n) is 12.9. The number of nitrogens with zero attached hydrogens (tertiary/aromatic N) is 2. The molecule has 2 heterocycles. The van der Waals surface area contributed by atoms with E-state index in [1.54, 1.807) is 10.7 Å². The van der Waals surface area contributed by atoms with Crippen LogP contribution in [0, 0.1) is 6.92 Å². The Hall–Kier alpha value is -3.02. The number of rotatable bonds is 2. The molecule has 0 atom stereocenters. The second-order valence-electron chi connectivity index (χ2n) is 5.87. The van der Waals surface area contributed by atoms with Gasteiger partial charge >= 0.3 is 0 Å². The molecular formula is C17H16N4O2. The van der Waals surface area contributed by atoms with Gasteiger partial charge in [-0.2, -0.15) is 0 Å². The van der Waals surface area contributed by atoms with Crippen molar-refractivity contribution in [3.05, 3.63) is 68.2 Å². The van der Waals surface area contributed by atoms with Gasteiger partial charge in [-0.25, -0.2) is 4.68 Å². The van der Waals surface area contributed by atoms with Crippen molar-refractivity contribution in [2.75, 3.05) is 0 Å². The highest BCUT2D eigenvalue weighted by Crippen LogP contribution is 2.15. The molecule has 0 aliphatic heterocycles. The molecule has 0 aliphatic carbocycles. The van der Waals surface area contributed by atoms with Crippen LogP contribution in [0.4, 0.5) is 0 Å². The highest BCUT2D eigenvalue weighted by atomic mass is 16.1. The number of aryl methyl sites for hydroxylation is 2. The van der Waals surface area contributed by atoms with E-state index in [2.05, 4.69) is 10.2 Å². The Labute approximate surface area is 130 Å². The lowest BCUT2D eigenvalue weighted by Gasteiger charge is -2.08. The summed E-state index contributed by atoms with van der Waals surface area (Å²) in [5.41, 5.74) is 3.60. The van der Waals surface area contributed by atoms with E-state index in [9.17, 15) is 9.59 Å². The Morgan fingerprint density at radius 3 is 2.61 bits per heavy atom. The minimum Gasteiger partial charge on any atom is -0.298 e. The maximum atomic E-state index is 12.6. The van der Waals surface area contributed by atoms with Gasteiger partial charge in [0, 0.05) is 7.05 Å². The number of benzene rings is 2. The second-order valence-corrected chi connectivity index (χ2v) is 5.87. The largest absolute Gasteiger partial charge is 0.298 e. The molecule has 23 heavy (non-hydrogen) atoms. The molecule has 2 aromatic heterocycles. The van der Waals surface area contributed by atoms with Crippen molar-refractivity contribution in [2.45, 2.75) is 13.5 Å². The number of aromatic amines is 2. The standard InChI is InChI=1S/C17H16N4O2/c1-10-3-5-13-15(7-10)20(2)21(17(13)23)9-11-4-6-12-14(8-11)18-19-16(12)22/h3-8H,9H2,1-2H3,(H2,18,19,22). The van der Waals surface area contributed by atoms with E-state index in [0.29, 0.717) is 17.3 Å². The zero-order valence-corrected chi connectivity index (χ0v) is 12.9. The first-order valence-electron chi connectivity index (χ1n) is 7.40. The SMILES string of the molecule is Cc1ccc2c(=O)n(Cc3ccc4c(=O)[nH][nH]c4c3)n(C)c2c1. The second kappa shape index (κ2) is 4.74. The predicted octanol–water partition coefficient (Wildman–Crippen LogP) is 1.87. The number of nitrogens with one attached hydrogen (secondary N) is 2. The molecular weight excluding hydrogens is 292 g/mol. The molecule has 0 amide bonds. The Balaban J connectivity index is 1.85. The fraction of sp³-hybridized carbons (Fsp3) is 0.176. The number of fused-ring (bicyclic) bond motifs is 2. The first-order chi connectivity index (χ1) is 11.0. The first kappa shape index (κ1) is 13.6. The average molecular weight is 308 g/mol. The third-order valence-corrected chi connectivity index (χ3v) is 4.30. The lowest BCUT2D eigenvalue weighted by molar-refractivity contribution is 0.549. The van der Waals surface area contributed by atoms with Gasteiger partial charge in [0.25, 0.3) is 11.1 Å². The van der Waals surface area contributed by atoms with Gasteiger partial charge in [0.2, 0.25) is 0 Å². The third-order valence-electron chi connectivity index (χ3n) is 4.30. The van der Waals surface area contributed by atoms with Gasteiger partial charge in [0.05, 0.1) is 28.4 Å². The monoisotopic (exact) mass is 308 g/mol. The zero-order chi connectivity index (χ0) is 16.1. The summed E-state index contributed by atoms with van der Waals surface area (Å²) in [5, 5.41) is 6.75. The van der Waals surface area contributed by atoms with Crippen molar-refractivity contribution >= 4 is 21.8 Å².